The van der Waals surface area contributed by atoms with E-state index in [9.17, 15) is 4.79 Å². The van der Waals surface area contributed by atoms with Gasteiger partial charge in [-0.25, -0.2) is 4.79 Å². The van der Waals surface area contributed by atoms with Crippen LogP contribution in [-0.2, 0) is 11.2 Å². The fourth-order valence-corrected chi connectivity index (χ4v) is 1.90. The van der Waals surface area contributed by atoms with Crippen LogP contribution in [0.3, 0.4) is 0 Å². The SMILES string of the molecule is CCOC(=O)c1cc(CC)[nH]c1-c1ccccc1. The minimum absolute atomic E-state index is 0.271. The molecule has 3 nitrogen and oxygen atoms in total. The third-order valence-corrected chi connectivity index (χ3v) is 2.81. The van der Waals surface area contributed by atoms with Gasteiger partial charge in [0.15, 0.2) is 0 Å². The maximum absolute atomic E-state index is 11.9. The quantitative estimate of drug-likeness (QED) is 0.836. The Hall–Kier alpha value is -2.03. The van der Waals surface area contributed by atoms with Crippen molar-refractivity contribution in [3.63, 3.8) is 0 Å². The molecule has 0 aliphatic rings. The number of ether oxygens (including phenoxy) is 1. The van der Waals surface area contributed by atoms with Gasteiger partial charge in [0.05, 0.1) is 17.9 Å². The molecule has 1 aromatic carbocycles. The predicted octanol–water partition coefficient (Wildman–Crippen LogP) is 3.42. The number of nitrogens with one attached hydrogen (secondary N) is 1. The Morgan fingerprint density at radius 1 is 1.22 bits per heavy atom. The number of aromatic nitrogens is 1. The van der Waals surface area contributed by atoms with Crippen molar-refractivity contribution in [3.8, 4) is 11.3 Å². The Morgan fingerprint density at radius 3 is 2.56 bits per heavy atom. The maximum atomic E-state index is 11.9. The van der Waals surface area contributed by atoms with Crippen LogP contribution in [0.1, 0.15) is 29.9 Å². The normalized spacial score (nSPS) is 10.3. The number of hydrogen-bond donors (Lipinski definition) is 1. The van der Waals surface area contributed by atoms with Crippen LogP contribution in [-0.4, -0.2) is 17.6 Å². The van der Waals surface area contributed by atoms with Crippen molar-refractivity contribution in [1.29, 1.82) is 0 Å². The zero-order valence-corrected chi connectivity index (χ0v) is 10.7. The molecule has 0 spiro atoms. The lowest BCUT2D eigenvalue weighted by atomic mass is 10.1. The Balaban J connectivity index is 2.45. The van der Waals surface area contributed by atoms with Gasteiger partial charge in [0.1, 0.15) is 0 Å². The first kappa shape index (κ1) is 12.4. The van der Waals surface area contributed by atoms with E-state index in [1.54, 1.807) is 0 Å². The first-order valence-corrected chi connectivity index (χ1v) is 6.20. The van der Waals surface area contributed by atoms with Crippen LogP contribution in [0.4, 0.5) is 0 Å². The summed E-state index contributed by atoms with van der Waals surface area (Å²) in [7, 11) is 0. The number of hydrogen-bond acceptors (Lipinski definition) is 2. The summed E-state index contributed by atoms with van der Waals surface area (Å²) in [5.41, 5.74) is 3.49. The van der Waals surface area contributed by atoms with Crippen LogP contribution in [0.2, 0.25) is 0 Å². The Kier molecular flexibility index (Phi) is 3.82. The lowest BCUT2D eigenvalue weighted by Gasteiger charge is -2.03. The summed E-state index contributed by atoms with van der Waals surface area (Å²) in [6, 6.07) is 11.7. The molecule has 1 N–H and O–H groups in total. The second-order valence-corrected chi connectivity index (χ2v) is 4.02. The molecule has 2 rings (SSSR count). The van der Waals surface area contributed by atoms with Crippen molar-refractivity contribution < 1.29 is 9.53 Å². The van der Waals surface area contributed by atoms with Gasteiger partial charge in [-0.2, -0.15) is 0 Å². The van der Waals surface area contributed by atoms with Gasteiger partial charge in [-0.1, -0.05) is 37.3 Å². The summed E-state index contributed by atoms with van der Waals surface area (Å²) >= 11 is 0. The average molecular weight is 243 g/mol. The van der Waals surface area contributed by atoms with E-state index in [1.807, 2.05) is 43.3 Å². The van der Waals surface area contributed by atoms with Crippen LogP contribution in [0, 0.1) is 0 Å². The van der Waals surface area contributed by atoms with E-state index in [4.69, 9.17) is 4.74 Å². The van der Waals surface area contributed by atoms with E-state index in [0.29, 0.717) is 12.2 Å². The van der Waals surface area contributed by atoms with Gasteiger partial charge in [-0.15, -0.1) is 0 Å². The first-order valence-electron chi connectivity index (χ1n) is 6.20. The molecule has 1 aromatic heterocycles. The highest BCUT2D eigenvalue weighted by Crippen LogP contribution is 2.24. The lowest BCUT2D eigenvalue weighted by molar-refractivity contribution is 0.0527. The van der Waals surface area contributed by atoms with E-state index in [1.165, 1.54) is 0 Å². The average Bonchev–Trinajstić information content (AvgIpc) is 2.84. The zero-order chi connectivity index (χ0) is 13.0. The maximum Gasteiger partial charge on any atom is 0.340 e. The number of aromatic amines is 1. The summed E-state index contributed by atoms with van der Waals surface area (Å²) in [4.78, 5) is 15.2. The summed E-state index contributed by atoms with van der Waals surface area (Å²) in [6.45, 7) is 4.25. The van der Waals surface area contributed by atoms with Gasteiger partial charge in [0, 0.05) is 5.69 Å². The lowest BCUT2D eigenvalue weighted by Crippen LogP contribution is -2.04. The Bertz CT molecular complexity index is 529. The molecule has 2 aromatic rings. The number of rotatable bonds is 4. The van der Waals surface area contributed by atoms with Crippen LogP contribution in [0.25, 0.3) is 11.3 Å². The highest BCUT2D eigenvalue weighted by molar-refractivity contribution is 5.96. The molecule has 0 saturated heterocycles. The standard InChI is InChI=1S/C15H17NO2/c1-3-12-10-13(15(17)18-4-2)14(16-12)11-8-6-5-7-9-11/h5-10,16H,3-4H2,1-2H3. The number of benzene rings is 1. The molecule has 0 bridgehead atoms. The van der Waals surface area contributed by atoms with Crippen molar-refractivity contribution in [2.24, 2.45) is 0 Å². The molecular formula is C15H17NO2. The first-order chi connectivity index (χ1) is 8.76. The topological polar surface area (TPSA) is 42.1 Å². The highest BCUT2D eigenvalue weighted by Gasteiger charge is 2.17. The molecule has 0 aliphatic carbocycles. The Morgan fingerprint density at radius 2 is 1.94 bits per heavy atom. The summed E-state index contributed by atoms with van der Waals surface area (Å²) < 4.78 is 5.09. The zero-order valence-electron chi connectivity index (χ0n) is 10.7. The molecule has 0 atom stereocenters. The molecule has 0 amide bonds. The van der Waals surface area contributed by atoms with Crippen molar-refractivity contribution >= 4 is 5.97 Å². The molecule has 0 aliphatic heterocycles. The van der Waals surface area contributed by atoms with Crippen molar-refractivity contribution in [3.05, 3.63) is 47.7 Å². The van der Waals surface area contributed by atoms with Crippen molar-refractivity contribution in [1.82, 2.24) is 4.98 Å². The van der Waals surface area contributed by atoms with Gasteiger partial charge in [-0.05, 0) is 25.0 Å². The molecule has 0 radical (unpaired) electrons. The highest BCUT2D eigenvalue weighted by atomic mass is 16.5. The second kappa shape index (κ2) is 5.54. The van der Waals surface area contributed by atoms with Crippen LogP contribution in [0.5, 0.6) is 0 Å². The van der Waals surface area contributed by atoms with Gasteiger partial charge in [0.25, 0.3) is 0 Å². The van der Waals surface area contributed by atoms with E-state index in [2.05, 4.69) is 11.9 Å². The van der Waals surface area contributed by atoms with Gasteiger partial charge < -0.3 is 9.72 Å². The molecule has 94 valence electrons. The number of carbonyl (C=O) groups excluding carboxylic acids is 1. The monoisotopic (exact) mass is 243 g/mol. The molecule has 0 saturated carbocycles. The van der Waals surface area contributed by atoms with Crippen LogP contribution < -0.4 is 0 Å². The van der Waals surface area contributed by atoms with E-state index >= 15 is 0 Å². The summed E-state index contributed by atoms with van der Waals surface area (Å²) in [6.07, 6.45) is 0.860. The Labute approximate surface area is 107 Å². The number of carbonyl (C=O) groups is 1. The van der Waals surface area contributed by atoms with E-state index < -0.39 is 0 Å². The third-order valence-electron chi connectivity index (χ3n) is 2.81. The number of esters is 1. The van der Waals surface area contributed by atoms with Gasteiger partial charge >= 0.3 is 5.97 Å². The molecule has 1 heterocycles. The van der Waals surface area contributed by atoms with E-state index in [0.717, 1.165) is 23.4 Å². The third kappa shape index (κ3) is 2.45. The van der Waals surface area contributed by atoms with Crippen LogP contribution in [0.15, 0.2) is 36.4 Å². The molecule has 18 heavy (non-hydrogen) atoms. The molecular weight excluding hydrogens is 226 g/mol. The minimum atomic E-state index is -0.271. The molecule has 0 fully saturated rings. The van der Waals surface area contributed by atoms with Gasteiger partial charge in [-0.3, -0.25) is 0 Å². The summed E-state index contributed by atoms with van der Waals surface area (Å²) in [5.74, 6) is -0.271. The van der Waals surface area contributed by atoms with Crippen molar-refractivity contribution in [2.75, 3.05) is 6.61 Å². The number of aryl methyl sites for hydroxylation is 1. The minimum Gasteiger partial charge on any atom is -0.462 e. The second-order valence-electron chi connectivity index (χ2n) is 4.02. The summed E-state index contributed by atoms with van der Waals surface area (Å²) in [5, 5.41) is 0. The fourth-order valence-electron chi connectivity index (χ4n) is 1.90. The number of H-pyrrole nitrogens is 1. The van der Waals surface area contributed by atoms with E-state index in [-0.39, 0.29) is 5.97 Å². The molecule has 0 unspecified atom stereocenters. The largest absolute Gasteiger partial charge is 0.462 e. The van der Waals surface area contributed by atoms with Gasteiger partial charge in [0.2, 0.25) is 0 Å². The molecule has 3 heteroatoms. The van der Waals surface area contributed by atoms with Crippen LogP contribution >= 0.6 is 0 Å². The van der Waals surface area contributed by atoms with Crippen molar-refractivity contribution in [2.45, 2.75) is 20.3 Å². The smallest absolute Gasteiger partial charge is 0.340 e. The fraction of sp³-hybridized carbons (Fsp3) is 0.267. The predicted molar refractivity (Wildman–Crippen MR) is 71.6 cm³/mol.